The first-order valence-electron chi connectivity index (χ1n) is 5.30. The molecule has 0 aliphatic heterocycles. The zero-order valence-electron chi connectivity index (χ0n) is 10.3. The van der Waals surface area contributed by atoms with E-state index in [9.17, 15) is 4.79 Å². The number of nitrogens with zero attached hydrogens (tertiary/aromatic N) is 3. The molecular weight excluding hydrogens is 254 g/mol. The Morgan fingerprint density at radius 3 is 2.83 bits per heavy atom. The Morgan fingerprint density at radius 2 is 2.28 bits per heavy atom. The van der Waals surface area contributed by atoms with E-state index in [4.69, 9.17) is 9.52 Å². The van der Waals surface area contributed by atoms with Gasteiger partial charge in [-0.3, -0.25) is 4.79 Å². The summed E-state index contributed by atoms with van der Waals surface area (Å²) in [5, 5.41) is 13.5. The fraction of sp³-hybridized carbons (Fsp3) is 0.364. The van der Waals surface area contributed by atoms with Crippen molar-refractivity contribution in [3.63, 3.8) is 0 Å². The Labute approximate surface area is 108 Å². The molecule has 2 aromatic heterocycles. The number of carbonyl (C=O) groups is 1. The molecule has 0 saturated carbocycles. The van der Waals surface area contributed by atoms with Crippen LogP contribution in [0, 0.1) is 13.8 Å². The zero-order chi connectivity index (χ0) is 13.3. The van der Waals surface area contributed by atoms with Crippen molar-refractivity contribution in [3.05, 3.63) is 17.6 Å². The molecule has 1 N–H and O–H groups in total. The number of hydrogen-bond donors (Lipinski definition) is 1. The molecule has 0 aliphatic rings. The maximum absolute atomic E-state index is 10.5. The summed E-state index contributed by atoms with van der Waals surface area (Å²) >= 11 is 1.14. The summed E-state index contributed by atoms with van der Waals surface area (Å²) in [6.07, 6.45) is 0. The molecule has 2 aromatic rings. The summed E-state index contributed by atoms with van der Waals surface area (Å²) in [5.41, 5.74) is 0.838. The number of hydrogen-bond acceptors (Lipinski definition) is 5. The Morgan fingerprint density at radius 1 is 1.56 bits per heavy atom. The van der Waals surface area contributed by atoms with Crippen molar-refractivity contribution in [1.29, 1.82) is 0 Å². The van der Waals surface area contributed by atoms with Crippen LogP contribution in [0.2, 0.25) is 0 Å². The maximum atomic E-state index is 10.5. The SMILES string of the molecule is Cc1cc(-c2nc(SCC(=O)O)n(C)n2)c(C)o1. The number of aliphatic carboxylic acids is 1. The fourth-order valence-corrected chi connectivity index (χ4v) is 2.22. The first-order chi connectivity index (χ1) is 8.47. The van der Waals surface area contributed by atoms with Crippen molar-refractivity contribution in [2.45, 2.75) is 19.0 Å². The minimum absolute atomic E-state index is 0.0324. The van der Waals surface area contributed by atoms with Crippen LogP contribution in [0.25, 0.3) is 11.4 Å². The normalized spacial score (nSPS) is 10.8. The summed E-state index contributed by atoms with van der Waals surface area (Å²) < 4.78 is 7.00. The summed E-state index contributed by atoms with van der Waals surface area (Å²) in [7, 11) is 1.74. The second-order valence-electron chi connectivity index (χ2n) is 3.85. The maximum Gasteiger partial charge on any atom is 0.313 e. The molecule has 0 spiro atoms. The second-order valence-corrected chi connectivity index (χ2v) is 4.79. The average molecular weight is 267 g/mol. The first kappa shape index (κ1) is 12.7. The molecule has 0 fully saturated rings. The number of rotatable bonds is 4. The second kappa shape index (κ2) is 4.85. The van der Waals surface area contributed by atoms with Crippen molar-refractivity contribution >= 4 is 17.7 Å². The molecule has 0 radical (unpaired) electrons. The third-order valence-corrected chi connectivity index (χ3v) is 3.33. The molecule has 0 aliphatic carbocycles. The highest BCUT2D eigenvalue weighted by atomic mass is 32.2. The molecule has 0 amide bonds. The molecule has 2 rings (SSSR count). The van der Waals surface area contributed by atoms with Crippen LogP contribution < -0.4 is 0 Å². The summed E-state index contributed by atoms with van der Waals surface area (Å²) in [5.74, 6) is 1.21. The quantitative estimate of drug-likeness (QED) is 0.852. The predicted molar refractivity (Wildman–Crippen MR) is 66.5 cm³/mol. The van der Waals surface area contributed by atoms with E-state index >= 15 is 0 Å². The largest absolute Gasteiger partial charge is 0.481 e. The van der Waals surface area contributed by atoms with Gasteiger partial charge in [-0.1, -0.05) is 11.8 Å². The fourth-order valence-electron chi connectivity index (χ4n) is 1.59. The van der Waals surface area contributed by atoms with E-state index in [1.807, 2.05) is 19.9 Å². The number of thioether (sulfide) groups is 1. The minimum atomic E-state index is -0.875. The molecule has 0 atom stereocenters. The third-order valence-electron chi connectivity index (χ3n) is 2.33. The molecule has 0 aromatic carbocycles. The molecule has 0 saturated heterocycles. The number of carboxylic acids is 1. The first-order valence-corrected chi connectivity index (χ1v) is 6.29. The Balaban J connectivity index is 2.28. The van der Waals surface area contributed by atoms with Crippen LogP contribution in [0.4, 0.5) is 0 Å². The Bertz CT molecular complexity index is 588. The highest BCUT2D eigenvalue weighted by Gasteiger charge is 2.15. The van der Waals surface area contributed by atoms with Crippen molar-refractivity contribution in [2.75, 3.05) is 5.75 Å². The van der Waals surface area contributed by atoms with E-state index < -0.39 is 5.97 Å². The van der Waals surface area contributed by atoms with Crippen LogP contribution in [-0.4, -0.2) is 31.6 Å². The molecular formula is C11H13N3O3S. The molecule has 0 unspecified atom stereocenters. The van der Waals surface area contributed by atoms with Crippen molar-refractivity contribution in [3.8, 4) is 11.4 Å². The van der Waals surface area contributed by atoms with Gasteiger partial charge in [0.25, 0.3) is 0 Å². The van der Waals surface area contributed by atoms with Gasteiger partial charge in [0, 0.05) is 7.05 Å². The van der Waals surface area contributed by atoms with Gasteiger partial charge in [0.2, 0.25) is 0 Å². The van der Waals surface area contributed by atoms with Gasteiger partial charge in [-0.15, -0.1) is 0 Å². The lowest BCUT2D eigenvalue weighted by atomic mass is 10.2. The van der Waals surface area contributed by atoms with Gasteiger partial charge in [0.15, 0.2) is 11.0 Å². The monoisotopic (exact) mass is 267 g/mol. The van der Waals surface area contributed by atoms with Crippen LogP contribution in [0.1, 0.15) is 11.5 Å². The van der Waals surface area contributed by atoms with Gasteiger partial charge >= 0.3 is 5.97 Å². The van der Waals surface area contributed by atoms with E-state index in [0.29, 0.717) is 11.0 Å². The van der Waals surface area contributed by atoms with Crippen LogP contribution in [0.3, 0.4) is 0 Å². The van der Waals surface area contributed by atoms with Crippen LogP contribution in [-0.2, 0) is 11.8 Å². The van der Waals surface area contributed by atoms with Crippen LogP contribution >= 0.6 is 11.8 Å². The van der Waals surface area contributed by atoms with E-state index in [-0.39, 0.29) is 5.75 Å². The zero-order valence-corrected chi connectivity index (χ0v) is 11.1. The smallest absolute Gasteiger partial charge is 0.313 e. The minimum Gasteiger partial charge on any atom is -0.481 e. The van der Waals surface area contributed by atoms with Gasteiger partial charge in [-0.05, 0) is 19.9 Å². The van der Waals surface area contributed by atoms with Crippen molar-refractivity contribution in [1.82, 2.24) is 14.8 Å². The predicted octanol–water partition coefficient (Wildman–Crippen LogP) is 1.87. The molecule has 2 heterocycles. The highest BCUT2D eigenvalue weighted by Crippen LogP contribution is 2.26. The number of aromatic nitrogens is 3. The van der Waals surface area contributed by atoms with E-state index in [1.54, 1.807) is 11.7 Å². The van der Waals surface area contributed by atoms with Gasteiger partial charge in [0.1, 0.15) is 11.5 Å². The molecule has 6 nitrogen and oxygen atoms in total. The highest BCUT2D eigenvalue weighted by molar-refractivity contribution is 7.99. The van der Waals surface area contributed by atoms with Gasteiger partial charge in [0.05, 0.1) is 11.3 Å². The van der Waals surface area contributed by atoms with Gasteiger partial charge < -0.3 is 9.52 Å². The summed E-state index contributed by atoms with van der Waals surface area (Å²) in [6, 6.07) is 1.87. The topological polar surface area (TPSA) is 81.1 Å². The van der Waals surface area contributed by atoms with Gasteiger partial charge in [-0.25, -0.2) is 9.67 Å². The van der Waals surface area contributed by atoms with Crippen molar-refractivity contribution in [2.24, 2.45) is 7.05 Å². The van der Waals surface area contributed by atoms with E-state index in [1.165, 1.54) is 0 Å². The molecule has 18 heavy (non-hydrogen) atoms. The lowest BCUT2D eigenvalue weighted by Gasteiger charge is -1.94. The van der Waals surface area contributed by atoms with Crippen LogP contribution in [0.15, 0.2) is 15.6 Å². The van der Waals surface area contributed by atoms with E-state index in [0.717, 1.165) is 28.8 Å². The average Bonchev–Trinajstić information content (AvgIpc) is 2.79. The number of furan rings is 1. The molecule has 7 heteroatoms. The summed E-state index contributed by atoms with van der Waals surface area (Å²) in [6.45, 7) is 3.71. The number of aryl methyl sites for hydroxylation is 3. The van der Waals surface area contributed by atoms with Gasteiger partial charge in [-0.2, -0.15) is 5.10 Å². The standard InChI is InChI=1S/C11H13N3O3S/c1-6-4-8(7(2)17-6)10-12-11(14(3)13-10)18-5-9(15)16/h4H,5H2,1-3H3,(H,15,16). The summed E-state index contributed by atoms with van der Waals surface area (Å²) in [4.78, 5) is 14.8. The van der Waals surface area contributed by atoms with E-state index in [2.05, 4.69) is 10.1 Å². The molecule has 96 valence electrons. The lowest BCUT2D eigenvalue weighted by molar-refractivity contribution is -0.133. The van der Waals surface area contributed by atoms with Crippen LogP contribution in [0.5, 0.6) is 0 Å². The van der Waals surface area contributed by atoms with Crippen molar-refractivity contribution < 1.29 is 14.3 Å². The molecule has 0 bridgehead atoms. The Hall–Kier alpha value is -1.76. The Kier molecular flexibility index (Phi) is 3.42. The lowest BCUT2D eigenvalue weighted by Crippen LogP contribution is -2.00. The third kappa shape index (κ3) is 2.56. The number of carboxylic acid groups (broad SMARTS) is 1.